The van der Waals surface area contributed by atoms with Gasteiger partial charge in [0.05, 0.1) is 12.7 Å². The van der Waals surface area contributed by atoms with Gasteiger partial charge in [-0.3, -0.25) is 0 Å². The summed E-state index contributed by atoms with van der Waals surface area (Å²) in [7, 11) is 1.55. The van der Waals surface area contributed by atoms with Gasteiger partial charge in [0.15, 0.2) is 11.5 Å². The Morgan fingerprint density at radius 1 is 1.00 bits per heavy atom. The molecule has 98 valence electrons. The second-order valence-corrected chi connectivity index (χ2v) is 4.05. The lowest BCUT2D eigenvalue weighted by Gasteiger charge is -2.10. The first-order valence-electron chi connectivity index (χ1n) is 6.19. The summed E-state index contributed by atoms with van der Waals surface area (Å²) < 4.78 is 10.6. The van der Waals surface area contributed by atoms with Crippen LogP contribution >= 0.6 is 0 Å². The molecule has 0 N–H and O–H groups in total. The number of rotatable bonds is 4. The average molecular weight is 256 g/mol. The molecule has 0 aliphatic heterocycles. The van der Waals surface area contributed by atoms with Crippen LogP contribution in [-0.4, -0.2) is 13.1 Å². The number of aryl methyl sites for hydroxylation is 1. The van der Waals surface area contributed by atoms with E-state index in [1.54, 1.807) is 31.4 Å². The second-order valence-electron chi connectivity index (χ2n) is 4.05. The van der Waals surface area contributed by atoms with Gasteiger partial charge in [0, 0.05) is 0 Å². The van der Waals surface area contributed by atoms with Crippen LogP contribution in [0.4, 0.5) is 0 Å². The topological polar surface area (TPSA) is 35.5 Å². The molecule has 2 aromatic carbocycles. The fraction of sp³-hybridized carbons (Fsp3) is 0.188. The molecule has 0 heterocycles. The lowest BCUT2D eigenvalue weighted by molar-refractivity contribution is 0.0728. The van der Waals surface area contributed by atoms with Crippen LogP contribution in [0, 0.1) is 0 Å². The van der Waals surface area contributed by atoms with Crippen LogP contribution in [0.5, 0.6) is 11.5 Å². The van der Waals surface area contributed by atoms with Gasteiger partial charge in [-0.1, -0.05) is 37.3 Å². The molecule has 3 nitrogen and oxygen atoms in total. The van der Waals surface area contributed by atoms with Gasteiger partial charge in [0.25, 0.3) is 0 Å². The molecule has 0 radical (unpaired) electrons. The van der Waals surface area contributed by atoms with Crippen LogP contribution in [0.1, 0.15) is 22.8 Å². The molecule has 2 rings (SSSR count). The molecule has 0 saturated heterocycles. The van der Waals surface area contributed by atoms with Crippen molar-refractivity contribution in [3.63, 3.8) is 0 Å². The van der Waals surface area contributed by atoms with Crippen molar-refractivity contribution in [2.45, 2.75) is 13.3 Å². The molecule has 0 atom stereocenters. The van der Waals surface area contributed by atoms with E-state index in [0.29, 0.717) is 17.1 Å². The highest BCUT2D eigenvalue weighted by Crippen LogP contribution is 2.27. The van der Waals surface area contributed by atoms with Gasteiger partial charge >= 0.3 is 5.97 Å². The maximum absolute atomic E-state index is 12.2. The van der Waals surface area contributed by atoms with Crippen LogP contribution < -0.4 is 9.47 Å². The van der Waals surface area contributed by atoms with Crippen LogP contribution in [0.3, 0.4) is 0 Å². The Kier molecular flexibility index (Phi) is 4.18. The summed E-state index contributed by atoms with van der Waals surface area (Å²) in [4.78, 5) is 12.2. The van der Waals surface area contributed by atoms with E-state index >= 15 is 0 Å². The third-order valence-corrected chi connectivity index (χ3v) is 2.89. The quantitative estimate of drug-likeness (QED) is 0.620. The van der Waals surface area contributed by atoms with E-state index in [0.717, 1.165) is 12.0 Å². The highest BCUT2D eigenvalue weighted by atomic mass is 16.6. The summed E-state index contributed by atoms with van der Waals surface area (Å²) in [6.07, 6.45) is 0.789. The van der Waals surface area contributed by atoms with Crippen molar-refractivity contribution in [2.24, 2.45) is 0 Å². The Hall–Kier alpha value is -2.29. The predicted octanol–water partition coefficient (Wildman–Crippen LogP) is 3.48. The minimum atomic E-state index is -0.359. The Bertz CT molecular complexity index is 576. The zero-order chi connectivity index (χ0) is 13.7. The average Bonchev–Trinajstić information content (AvgIpc) is 2.47. The number of esters is 1. The summed E-state index contributed by atoms with van der Waals surface area (Å²) in [5.74, 6) is 0.618. The summed E-state index contributed by atoms with van der Waals surface area (Å²) in [5, 5.41) is 0. The molecular formula is C16H16O3. The van der Waals surface area contributed by atoms with E-state index in [1.807, 2.05) is 31.2 Å². The SMILES string of the molecule is CCc1ccccc1C(=O)Oc1ccccc1OC. The van der Waals surface area contributed by atoms with Gasteiger partial charge in [0.1, 0.15) is 0 Å². The fourth-order valence-corrected chi connectivity index (χ4v) is 1.89. The first-order valence-corrected chi connectivity index (χ1v) is 6.19. The number of methoxy groups -OCH3 is 1. The van der Waals surface area contributed by atoms with E-state index in [-0.39, 0.29) is 5.97 Å². The van der Waals surface area contributed by atoms with E-state index in [4.69, 9.17) is 9.47 Å². The first-order chi connectivity index (χ1) is 9.26. The lowest BCUT2D eigenvalue weighted by atomic mass is 10.1. The summed E-state index contributed by atoms with van der Waals surface area (Å²) in [6.45, 7) is 2.01. The predicted molar refractivity (Wildman–Crippen MR) is 73.8 cm³/mol. The zero-order valence-corrected chi connectivity index (χ0v) is 11.1. The third-order valence-electron chi connectivity index (χ3n) is 2.89. The summed E-state index contributed by atoms with van der Waals surface area (Å²) in [6, 6.07) is 14.6. The minimum absolute atomic E-state index is 0.359. The molecule has 0 unspecified atom stereocenters. The van der Waals surface area contributed by atoms with Gasteiger partial charge in [-0.15, -0.1) is 0 Å². The first kappa shape index (κ1) is 13.1. The van der Waals surface area contributed by atoms with Gasteiger partial charge in [-0.2, -0.15) is 0 Å². The number of ether oxygens (including phenoxy) is 2. The van der Waals surface area contributed by atoms with Crippen molar-refractivity contribution in [3.8, 4) is 11.5 Å². The maximum Gasteiger partial charge on any atom is 0.343 e. The number of benzene rings is 2. The van der Waals surface area contributed by atoms with Crippen molar-refractivity contribution in [3.05, 3.63) is 59.7 Å². The third kappa shape index (κ3) is 2.94. The van der Waals surface area contributed by atoms with E-state index < -0.39 is 0 Å². The van der Waals surface area contributed by atoms with Crippen LogP contribution in [0.25, 0.3) is 0 Å². The molecule has 0 aliphatic rings. The monoisotopic (exact) mass is 256 g/mol. The van der Waals surface area contributed by atoms with E-state index in [1.165, 1.54) is 0 Å². The second kappa shape index (κ2) is 6.05. The van der Waals surface area contributed by atoms with Gasteiger partial charge in [-0.25, -0.2) is 4.79 Å². The smallest absolute Gasteiger partial charge is 0.343 e. The molecule has 19 heavy (non-hydrogen) atoms. The van der Waals surface area contributed by atoms with Gasteiger partial charge in [-0.05, 0) is 30.2 Å². The van der Waals surface area contributed by atoms with Crippen LogP contribution in [0.2, 0.25) is 0 Å². The van der Waals surface area contributed by atoms with E-state index in [2.05, 4.69) is 0 Å². The van der Waals surface area contributed by atoms with E-state index in [9.17, 15) is 4.79 Å². The summed E-state index contributed by atoms with van der Waals surface area (Å²) in [5.41, 5.74) is 1.57. The van der Waals surface area contributed by atoms with Crippen molar-refractivity contribution in [1.29, 1.82) is 0 Å². The van der Waals surface area contributed by atoms with Crippen molar-refractivity contribution in [1.82, 2.24) is 0 Å². The Labute approximate surface area is 112 Å². The summed E-state index contributed by atoms with van der Waals surface area (Å²) >= 11 is 0. The molecule has 0 fully saturated rings. The largest absolute Gasteiger partial charge is 0.493 e. The highest BCUT2D eigenvalue weighted by Gasteiger charge is 2.14. The van der Waals surface area contributed by atoms with Crippen molar-refractivity contribution >= 4 is 5.97 Å². The molecule has 2 aromatic rings. The normalized spacial score (nSPS) is 10.0. The zero-order valence-electron chi connectivity index (χ0n) is 11.1. The molecule has 0 amide bonds. The minimum Gasteiger partial charge on any atom is -0.493 e. The molecule has 3 heteroatoms. The van der Waals surface area contributed by atoms with Gasteiger partial charge in [0.2, 0.25) is 0 Å². The van der Waals surface area contributed by atoms with Crippen molar-refractivity contribution in [2.75, 3.05) is 7.11 Å². The molecular weight excluding hydrogens is 240 g/mol. The van der Waals surface area contributed by atoms with Crippen molar-refractivity contribution < 1.29 is 14.3 Å². The van der Waals surface area contributed by atoms with Gasteiger partial charge < -0.3 is 9.47 Å². The molecule has 0 aliphatic carbocycles. The standard InChI is InChI=1S/C16H16O3/c1-3-12-8-4-5-9-13(12)16(17)19-15-11-7-6-10-14(15)18-2/h4-11H,3H2,1-2H3. The number of hydrogen-bond donors (Lipinski definition) is 0. The van der Waals surface area contributed by atoms with Crippen LogP contribution in [-0.2, 0) is 6.42 Å². The molecule has 0 saturated carbocycles. The molecule has 0 aromatic heterocycles. The Morgan fingerprint density at radius 2 is 1.63 bits per heavy atom. The maximum atomic E-state index is 12.2. The number of para-hydroxylation sites is 2. The number of hydrogen-bond acceptors (Lipinski definition) is 3. The molecule has 0 bridgehead atoms. The molecule has 0 spiro atoms. The van der Waals surface area contributed by atoms with Crippen LogP contribution in [0.15, 0.2) is 48.5 Å². The number of carbonyl (C=O) groups excluding carboxylic acids is 1. The Balaban J connectivity index is 2.26. The highest BCUT2D eigenvalue weighted by molar-refractivity contribution is 5.92. The Morgan fingerprint density at radius 3 is 2.32 bits per heavy atom. The fourth-order valence-electron chi connectivity index (χ4n) is 1.89. The lowest BCUT2D eigenvalue weighted by Crippen LogP contribution is -2.11. The number of carbonyl (C=O) groups is 1.